The van der Waals surface area contributed by atoms with Gasteiger partial charge < -0.3 is 14.8 Å². The number of methoxy groups -OCH3 is 2. The zero-order valence-electron chi connectivity index (χ0n) is 14.7. The summed E-state index contributed by atoms with van der Waals surface area (Å²) in [6.07, 6.45) is 2.21. The van der Waals surface area contributed by atoms with E-state index >= 15 is 0 Å². The second-order valence-electron chi connectivity index (χ2n) is 6.94. The van der Waals surface area contributed by atoms with Crippen LogP contribution in [0.2, 0.25) is 0 Å². The number of carbonyl (C=O) groups excluding carboxylic acids is 1. The molecule has 0 fully saturated rings. The van der Waals surface area contributed by atoms with Gasteiger partial charge in [-0.25, -0.2) is 4.68 Å². The first-order chi connectivity index (χ1) is 11.3. The molecule has 24 heavy (non-hydrogen) atoms. The summed E-state index contributed by atoms with van der Waals surface area (Å²) < 4.78 is 12.7. The summed E-state index contributed by atoms with van der Waals surface area (Å²) in [5.74, 6) is 2.09. The molecular weight excluding hydrogens is 306 g/mol. The predicted octanol–water partition coefficient (Wildman–Crippen LogP) is 3.13. The Morgan fingerprint density at radius 3 is 2.58 bits per heavy atom. The SMILES string of the molecule is COc1ccc([C@@H]2CC(=O)Nc3c2cnn3C(C)(C)C)c(OC)c1. The van der Waals surface area contributed by atoms with E-state index in [4.69, 9.17) is 9.47 Å². The van der Waals surface area contributed by atoms with Crippen LogP contribution in [0.15, 0.2) is 24.4 Å². The van der Waals surface area contributed by atoms with Crippen molar-refractivity contribution in [2.75, 3.05) is 19.5 Å². The van der Waals surface area contributed by atoms with Gasteiger partial charge in [-0.15, -0.1) is 0 Å². The molecule has 0 saturated carbocycles. The number of anilines is 1. The third-order valence-corrected chi connectivity index (χ3v) is 4.27. The molecule has 2 aromatic rings. The minimum Gasteiger partial charge on any atom is -0.497 e. The van der Waals surface area contributed by atoms with E-state index in [-0.39, 0.29) is 17.4 Å². The maximum absolute atomic E-state index is 12.3. The van der Waals surface area contributed by atoms with Crippen LogP contribution in [0.3, 0.4) is 0 Å². The van der Waals surface area contributed by atoms with Crippen LogP contribution in [0.5, 0.6) is 11.5 Å². The Balaban J connectivity index is 2.12. The molecule has 6 nitrogen and oxygen atoms in total. The van der Waals surface area contributed by atoms with E-state index in [0.29, 0.717) is 12.2 Å². The maximum Gasteiger partial charge on any atom is 0.226 e. The van der Waals surface area contributed by atoms with Gasteiger partial charge in [0, 0.05) is 29.5 Å². The Kier molecular flexibility index (Phi) is 3.99. The summed E-state index contributed by atoms with van der Waals surface area (Å²) in [6, 6.07) is 5.69. The molecule has 0 bridgehead atoms. The van der Waals surface area contributed by atoms with Crippen molar-refractivity contribution in [3.8, 4) is 11.5 Å². The van der Waals surface area contributed by atoms with Gasteiger partial charge in [0.25, 0.3) is 0 Å². The topological polar surface area (TPSA) is 65.4 Å². The second kappa shape index (κ2) is 5.85. The molecule has 1 aromatic heterocycles. The molecule has 6 heteroatoms. The van der Waals surface area contributed by atoms with Gasteiger partial charge in [-0.3, -0.25) is 4.79 Å². The fourth-order valence-electron chi connectivity index (χ4n) is 3.11. The number of aromatic nitrogens is 2. The molecule has 0 radical (unpaired) electrons. The molecule has 1 aliphatic rings. The molecule has 3 rings (SSSR count). The smallest absolute Gasteiger partial charge is 0.226 e. The van der Waals surface area contributed by atoms with Crippen molar-refractivity contribution in [3.63, 3.8) is 0 Å². The van der Waals surface area contributed by atoms with E-state index in [1.807, 2.05) is 29.1 Å². The first kappa shape index (κ1) is 16.4. The lowest BCUT2D eigenvalue weighted by atomic mass is 9.86. The zero-order chi connectivity index (χ0) is 17.5. The number of ether oxygens (including phenoxy) is 2. The van der Waals surface area contributed by atoms with Gasteiger partial charge in [0.2, 0.25) is 5.91 Å². The first-order valence-electron chi connectivity index (χ1n) is 7.95. The van der Waals surface area contributed by atoms with Crippen LogP contribution in [-0.4, -0.2) is 29.9 Å². The first-order valence-corrected chi connectivity index (χ1v) is 7.95. The molecule has 0 saturated heterocycles. The highest BCUT2D eigenvalue weighted by Crippen LogP contribution is 2.42. The van der Waals surface area contributed by atoms with Crippen molar-refractivity contribution in [1.29, 1.82) is 0 Å². The summed E-state index contributed by atoms with van der Waals surface area (Å²) in [7, 11) is 3.24. The molecule has 0 unspecified atom stereocenters. The van der Waals surface area contributed by atoms with Gasteiger partial charge in [-0.2, -0.15) is 5.10 Å². The Morgan fingerprint density at radius 2 is 1.96 bits per heavy atom. The standard InChI is InChI=1S/C18H23N3O3/c1-18(2,3)21-17-14(10-19-21)13(9-16(22)20-17)12-7-6-11(23-4)8-15(12)24-5/h6-8,10,13H,9H2,1-5H3,(H,20,22)/t13-/m0/s1. The maximum atomic E-state index is 12.3. The highest BCUT2D eigenvalue weighted by Gasteiger charge is 2.34. The number of amides is 1. The van der Waals surface area contributed by atoms with Crippen molar-refractivity contribution < 1.29 is 14.3 Å². The normalized spacial score (nSPS) is 17.2. The number of carbonyl (C=O) groups is 1. The molecule has 0 spiro atoms. The number of hydrogen-bond acceptors (Lipinski definition) is 4. The predicted molar refractivity (Wildman–Crippen MR) is 91.9 cm³/mol. The monoisotopic (exact) mass is 329 g/mol. The van der Waals surface area contributed by atoms with Crippen molar-refractivity contribution in [1.82, 2.24) is 9.78 Å². The van der Waals surface area contributed by atoms with Crippen LogP contribution in [0.4, 0.5) is 5.82 Å². The summed E-state index contributed by atoms with van der Waals surface area (Å²) in [5, 5.41) is 7.48. The fraction of sp³-hybridized carbons (Fsp3) is 0.444. The van der Waals surface area contributed by atoms with Gasteiger partial charge in [-0.1, -0.05) is 6.07 Å². The lowest BCUT2D eigenvalue weighted by Crippen LogP contribution is -2.30. The Bertz CT molecular complexity index is 774. The summed E-state index contributed by atoms with van der Waals surface area (Å²) >= 11 is 0. The largest absolute Gasteiger partial charge is 0.497 e. The Hall–Kier alpha value is -2.50. The number of benzene rings is 1. The van der Waals surface area contributed by atoms with Gasteiger partial charge in [-0.05, 0) is 26.8 Å². The number of nitrogens with zero attached hydrogens (tertiary/aromatic N) is 2. The van der Waals surface area contributed by atoms with Crippen LogP contribution in [0, 0.1) is 0 Å². The van der Waals surface area contributed by atoms with Gasteiger partial charge in [0.05, 0.1) is 26.0 Å². The van der Waals surface area contributed by atoms with Crippen molar-refractivity contribution >= 4 is 11.7 Å². The molecular formula is C18H23N3O3. The van der Waals surface area contributed by atoms with Crippen LogP contribution in [0.1, 0.15) is 44.2 Å². The van der Waals surface area contributed by atoms with Crippen molar-refractivity contribution in [3.05, 3.63) is 35.5 Å². The highest BCUT2D eigenvalue weighted by molar-refractivity contribution is 5.94. The average Bonchev–Trinajstić information content (AvgIpc) is 2.97. The minimum atomic E-state index is -0.216. The van der Waals surface area contributed by atoms with Crippen molar-refractivity contribution in [2.45, 2.75) is 38.6 Å². The van der Waals surface area contributed by atoms with Crippen LogP contribution in [-0.2, 0) is 10.3 Å². The molecule has 1 N–H and O–H groups in total. The van der Waals surface area contributed by atoms with Gasteiger partial charge in [0.15, 0.2) is 0 Å². The Morgan fingerprint density at radius 1 is 1.21 bits per heavy atom. The van der Waals surface area contributed by atoms with Gasteiger partial charge >= 0.3 is 0 Å². The second-order valence-corrected chi connectivity index (χ2v) is 6.94. The highest BCUT2D eigenvalue weighted by atomic mass is 16.5. The third-order valence-electron chi connectivity index (χ3n) is 4.27. The molecule has 1 amide bonds. The van der Waals surface area contributed by atoms with Gasteiger partial charge in [0.1, 0.15) is 17.3 Å². The van der Waals surface area contributed by atoms with Crippen LogP contribution in [0.25, 0.3) is 0 Å². The van der Waals surface area contributed by atoms with Crippen LogP contribution < -0.4 is 14.8 Å². The lowest BCUT2D eigenvalue weighted by Gasteiger charge is -2.28. The molecule has 2 heterocycles. The number of rotatable bonds is 3. The van der Waals surface area contributed by atoms with E-state index < -0.39 is 0 Å². The molecule has 128 valence electrons. The third kappa shape index (κ3) is 2.72. The van der Waals surface area contributed by atoms with E-state index in [1.165, 1.54) is 0 Å². The molecule has 1 aliphatic heterocycles. The zero-order valence-corrected chi connectivity index (χ0v) is 14.7. The fourth-order valence-corrected chi connectivity index (χ4v) is 3.11. The quantitative estimate of drug-likeness (QED) is 0.939. The average molecular weight is 329 g/mol. The van der Waals surface area contributed by atoms with E-state index in [0.717, 1.165) is 22.7 Å². The molecule has 1 aromatic carbocycles. The lowest BCUT2D eigenvalue weighted by molar-refractivity contribution is -0.116. The molecule has 1 atom stereocenters. The minimum absolute atomic E-state index is 0.0172. The molecule has 0 aliphatic carbocycles. The van der Waals surface area contributed by atoms with E-state index in [2.05, 4.69) is 31.2 Å². The number of hydrogen-bond donors (Lipinski definition) is 1. The number of fused-ring (bicyclic) bond motifs is 1. The van der Waals surface area contributed by atoms with Crippen LogP contribution >= 0.6 is 0 Å². The number of nitrogens with one attached hydrogen (secondary N) is 1. The summed E-state index contributed by atoms with van der Waals surface area (Å²) in [6.45, 7) is 6.18. The summed E-state index contributed by atoms with van der Waals surface area (Å²) in [5.41, 5.74) is 1.75. The van der Waals surface area contributed by atoms with Crippen molar-refractivity contribution in [2.24, 2.45) is 0 Å². The van der Waals surface area contributed by atoms with E-state index in [9.17, 15) is 4.79 Å². The van der Waals surface area contributed by atoms with E-state index in [1.54, 1.807) is 14.2 Å². The Labute approximate surface area is 141 Å². The summed E-state index contributed by atoms with van der Waals surface area (Å²) in [4.78, 5) is 12.3.